The summed E-state index contributed by atoms with van der Waals surface area (Å²) in [6.07, 6.45) is 0. The van der Waals surface area contributed by atoms with Crippen LogP contribution >= 0.6 is 0 Å². The van der Waals surface area contributed by atoms with Crippen LogP contribution in [0.1, 0.15) is 22.3 Å². The van der Waals surface area contributed by atoms with Crippen molar-refractivity contribution in [3.05, 3.63) is 34.4 Å². The molecule has 0 amide bonds. The fourth-order valence-electron chi connectivity index (χ4n) is 1.52. The Bertz CT molecular complexity index is 264. The zero-order valence-corrected chi connectivity index (χ0v) is 8.87. The van der Waals surface area contributed by atoms with Crippen molar-refractivity contribution in [2.24, 2.45) is 11.8 Å². The molecule has 0 saturated carbocycles. The molecule has 0 atom stereocenters. The predicted molar refractivity (Wildman–Crippen MR) is 55.6 cm³/mol. The van der Waals surface area contributed by atoms with E-state index in [1.54, 1.807) is 0 Å². The summed E-state index contributed by atoms with van der Waals surface area (Å²) in [6.45, 7) is 6.74. The van der Waals surface area contributed by atoms with Crippen LogP contribution in [0, 0.1) is 20.8 Å². The topological polar surface area (TPSA) is 81.5 Å². The predicted octanol–water partition coefficient (Wildman–Crippen LogP) is 1.34. The number of rotatable bonds is 2. The third kappa shape index (κ3) is 3.43. The van der Waals surface area contributed by atoms with Crippen LogP contribution in [0.2, 0.25) is 0 Å². The molecule has 0 aliphatic carbocycles. The quantitative estimate of drug-likeness (QED) is 0.626. The molecule has 0 spiro atoms. The molecule has 4 nitrogen and oxygen atoms in total. The lowest BCUT2D eigenvalue weighted by atomic mass is 10.0. The average Bonchev–Trinajstić information content (AvgIpc) is 2.14. The van der Waals surface area contributed by atoms with Crippen molar-refractivity contribution >= 4 is 0 Å². The number of hydrogen-bond donors (Lipinski definition) is 3. The number of aryl methyl sites for hydroxylation is 3. The van der Waals surface area contributed by atoms with E-state index in [2.05, 4.69) is 43.6 Å². The van der Waals surface area contributed by atoms with Crippen LogP contribution in [0.25, 0.3) is 0 Å². The minimum atomic E-state index is 0.498. The summed E-state index contributed by atoms with van der Waals surface area (Å²) in [4.78, 5) is 4.63. The van der Waals surface area contributed by atoms with Crippen LogP contribution < -0.4 is 11.8 Å². The van der Waals surface area contributed by atoms with Gasteiger partial charge in [0, 0.05) is 0 Å². The highest BCUT2D eigenvalue weighted by molar-refractivity contribution is 5.36. The van der Waals surface area contributed by atoms with Gasteiger partial charge in [-0.25, -0.2) is 11.8 Å². The molecule has 80 valence electrons. The van der Waals surface area contributed by atoms with E-state index in [9.17, 15) is 0 Å². The highest BCUT2D eigenvalue weighted by Gasteiger charge is 2.02. The van der Waals surface area contributed by atoms with Gasteiger partial charge in [0.25, 0.3) is 0 Å². The Hall–Kier alpha value is -0.940. The van der Waals surface area contributed by atoms with E-state index < -0.39 is 0 Å². The fraction of sp³-hybridized carbons (Fsp3) is 0.400. The first-order valence-electron chi connectivity index (χ1n) is 4.29. The average molecular weight is 198 g/mol. The molecule has 0 aliphatic rings. The van der Waals surface area contributed by atoms with Gasteiger partial charge < -0.3 is 5.21 Å². The van der Waals surface area contributed by atoms with Gasteiger partial charge in [0.2, 0.25) is 0 Å². The SMILES string of the molecule is Cc1cc(C)c(CON)c(C)c1.NO. The van der Waals surface area contributed by atoms with Gasteiger partial charge in [-0.1, -0.05) is 17.7 Å². The Morgan fingerprint density at radius 3 is 1.93 bits per heavy atom. The van der Waals surface area contributed by atoms with Crippen molar-refractivity contribution in [3.8, 4) is 0 Å². The first kappa shape index (κ1) is 13.1. The standard InChI is InChI=1S/C10H15NO.H3NO/c1-7-4-8(2)10(6-12-11)9(3)5-7;1-2/h4-5H,6,11H2,1-3H3;2H,1H2. The molecule has 0 fully saturated rings. The molecule has 1 aromatic rings. The van der Waals surface area contributed by atoms with E-state index >= 15 is 0 Å². The smallest absolute Gasteiger partial charge is 0.0935 e. The maximum absolute atomic E-state index is 6.50. The van der Waals surface area contributed by atoms with E-state index in [1.165, 1.54) is 22.3 Å². The largest absolute Gasteiger partial charge is 0.320 e. The summed E-state index contributed by atoms with van der Waals surface area (Å²) >= 11 is 0. The minimum Gasteiger partial charge on any atom is -0.320 e. The van der Waals surface area contributed by atoms with E-state index in [-0.39, 0.29) is 0 Å². The van der Waals surface area contributed by atoms with Crippen molar-refractivity contribution in [1.29, 1.82) is 0 Å². The molecule has 0 unspecified atom stereocenters. The van der Waals surface area contributed by atoms with E-state index in [4.69, 9.17) is 11.1 Å². The highest BCUT2D eigenvalue weighted by Crippen LogP contribution is 2.16. The van der Waals surface area contributed by atoms with Crippen LogP contribution in [0.15, 0.2) is 12.1 Å². The summed E-state index contributed by atoms with van der Waals surface area (Å²) in [7, 11) is 0. The van der Waals surface area contributed by atoms with Crippen LogP contribution in [-0.2, 0) is 11.4 Å². The molecule has 1 rings (SSSR count). The summed E-state index contributed by atoms with van der Waals surface area (Å²) in [5.74, 6) is 8.54. The molecule has 0 radical (unpaired) electrons. The zero-order chi connectivity index (χ0) is 11.1. The lowest BCUT2D eigenvalue weighted by Crippen LogP contribution is -2.03. The molecular weight excluding hydrogens is 180 g/mol. The number of nitrogens with two attached hydrogens (primary N) is 2. The molecule has 0 bridgehead atoms. The summed E-state index contributed by atoms with van der Waals surface area (Å²) in [5.41, 5.74) is 4.98. The second-order valence-corrected chi connectivity index (χ2v) is 3.19. The Kier molecular flexibility index (Phi) is 6.07. The summed E-state index contributed by atoms with van der Waals surface area (Å²) in [5, 5.41) is 6.50. The molecule has 0 aliphatic heterocycles. The highest BCUT2D eigenvalue weighted by atomic mass is 16.6. The molecule has 0 saturated heterocycles. The van der Waals surface area contributed by atoms with Gasteiger partial charge in [-0.3, -0.25) is 4.84 Å². The first-order chi connectivity index (χ1) is 6.65. The summed E-state index contributed by atoms with van der Waals surface area (Å²) < 4.78 is 0. The third-order valence-corrected chi connectivity index (χ3v) is 2.07. The number of hydrogen-bond acceptors (Lipinski definition) is 4. The summed E-state index contributed by atoms with van der Waals surface area (Å²) in [6, 6.07) is 4.28. The van der Waals surface area contributed by atoms with Gasteiger partial charge in [-0.2, -0.15) is 0 Å². The van der Waals surface area contributed by atoms with Crippen molar-refractivity contribution < 1.29 is 10.0 Å². The monoisotopic (exact) mass is 198 g/mol. The van der Waals surface area contributed by atoms with E-state index in [0.29, 0.717) is 6.61 Å². The Balaban J connectivity index is 0.000000791. The van der Waals surface area contributed by atoms with Gasteiger partial charge >= 0.3 is 0 Å². The van der Waals surface area contributed by atoms with Gasteiger partial charge in [-0.05, 0) is 37.5 Å². The van der Waals surface area contributed by atoms with Gasteiger partial charge in [-0.15, -0.1) is 0 Å². The molecule has 4 heteroatoms. The second kappa shape index (κ2) is 6.50. The van der Waals surface area contributed by atoms with Crippen molar-refractivity contribution in [2.45, 2.75) is 27.4 Å². The van der Waals surface area contributed by atoms with E-state index in [1.807, 2.05) is 0 Å². The Labute approximate surface area is 84.4 Å². The van der Waals surface area contributed by atoms with Crippen LogP contribution in [-0.4, -0.2) is 5.21 Å². The molecule has 0 heterocycles. The van der Waals surface area contributed by atoms with E-state index in [0.717, 1.165) is 0 Å². The Morgan fingerprint density at radius 2 is 1.57 bits per heavy atom. The van der Waals surface area contributed by atoms with Crippen molar-refractivity contribution in [2.75, 3.05) is 0 Å². The third-order valence-electron chi connectivity index (χ3n) is 2.07. The molecule has 14 heavy (non-hydrogen) atoms. The van der Waals surface area contributed by atoms with Gasteiger partial charge in [0.1, 0.15) is 0 Å². The zero-order valence-electron chi connectivity index (χ0n) is 8.87. The van der Waals surface area contributed by atoms with Crippen LogP contribution in [0.4, 0.5) is 0 Å². The lowest BCUT2D eigenvalue weighted by molar-refractivity contribution is 0.123. The molecular formula is C10H18N2O2. The van der Waals surface area contributed by atoms with Crippen LogP contribution in [0.3, 0.4) is 0 Å². The maximum atomic E-state index is 6.50. The van der Waals surface area contributed by atoms with Crippen molar-refractivity contribution in [1.82, 2.24) is 0 Å². The second-order valence-electron chi connectivity index (χ2n) is 3.19. The molecule has 1 aromatic carbocycles. The molecule has 5 N–H and O–H groups in total. The Morgan fingerprint density at radius 1 is 1.14 bits per heavy atom. The normalized spacial score (nSPS) is 9.29. The van der Waals surface area contributed by atoms with Gasteiger partial charge in [0.05, 0.1) is 6.61 Å². The maximum Gasteiger partial charge on any atom is 0.0935 e. The van der Waals surface area contributed by atoms with Crippen LogP contribution in [0.5, 0.6) is 0 Å². The van der Waals surface area contributed by atoms with Crippen molar-refractivity contribution in [3.63, 3.8) is 0 Å². The number of benzene rings is 1. The van der Waals surface area contributed by atoms with Gasteiger partial charge in [0.15, 0.2) is 0 Å². The first-order valence-corrected chi connectivity index (χ1v) is 4.29. The fourth-order valence-corrected chi connectivity index (χ4v) is 1.52. The minimum absolute atomic E-state index is 0.498. The molecule has 0 aromatic heterocycles. The lowest BCUT2D eigenvalue weighted by Gasteiger charge is -2.09.